The highest BCUT2D eigenvalue weighted by Gasteiger charge is 2.09. The molecule has 6 heteroatoms. The van der Waals surface area contributed by atoms with Crippen LogP contribution in [0.4, 0.5) is 0 Å². The van der Waals surface area contributed by atoms with Crippen LogP contribution in [-0.4, -0.2) is 24.1 Å². The summed E-state index contributed by atoms with van der Waals surface area (Å²) < 4.78 is 15.1. The van der Waals surface area contributed by atoms with E-state index in [1.807, 2.05) is 0 Å². The van der Waals surface area contributed by atoms with Crippen LogP contribution in [0.15, 0.2) is 0 Å². The average Bonchev–Trinajstić information content (AvgIpc) is 2.01. The number of methoxy groups -OCH3 is 1. The highest BCUT2D eigenvalue weighted by molar-refractivity contribution is 8.45. The SMILES string of the molecule is COC(=O)CCCCCP(=O)(O)S. The number of thiol groups is 1. The van der Waals surface area contributed by atoms with Crippen molar-refractivity contribution in [2.24, 2.45) is 0 Å². The Morgan fingerprint density at radius 1 is 1.46 bits per heavy atom. The molecule has 0 aliphatic rings. The van der Waals surface area contributed by atoms with Crippen LogP contribution < -0.4 is 0 Å². The van der Waals surface area contributed by atoms with Crippen molar-refractivity contribution in [1.29, 1.82) is 0 Å². The van der Waals surface area contributed by atoms with E-state index in [2.05, 4.69) is 17.0 Å². The lowest BCUT2D eigenvalue weighted by molar-refractivity contribution is -0.140. The molecule has 0 fully saturated rings. The molecular formula is C7H15O4PS. The summed E-state index contributed by atoms with van der Waals surface area (Å²) in [6.07, 6.45) is 2.64. The third kappa shape index (κ3) is 9.93. The summed E-state index contributed by atoms with van der Waals surface area (Å²) in [5.41, 5.74) is 0. The molecule has 0 aliphatic heterocycles. The Kier molecular flexibility index (Phi) is 6.47. The molecule has 0 saturated carbocycles. The van der Waals surface area contributed by atoms with Crippen LogP contribution >= 0.6 is 18.8 Å². The molecule has 1 N–H and O–H groups in total. The lowest BCUT2D eigenvalue weighted by Gasteiger charge is -2.03. The van der Waals surface area contributed by atoms with Gasteiger partial charge in [0.25, 0.3) is 6.57 Å². The molecule has 13 heavy (non-hydrogen) atoms. The second kappa shape index (κ2) is 6.46. The van der Waals surface area contributed by atoms with Gasteiger partial charge in [0.1, 0.15) is 0 Å². The minimum atomic E-state index is -3.16. The van der Waals surface area contributed by atoms with Crippen LogP contribution in [0.3, 0.4) is 0 Å². The van der Waals surface area contributed by atoms with Gasteiger partial charge in [-0.15, -0.1) is 0 Å². The van der Waals surface area contributed by atoms with Crippen LogP contribution in [0, 0.1) is 0 Å². The third-order valence-corrected chi connectivity index (χ3v) is 3.06. The summed E-state index contributed by atoms with van der Waals surface area (Å²) in [6.45, 7) is -3.16. The van der Waals surface area contributed by atoms with Gasteiger partial charge in [-0.25, -0.2) is 0 Å². The zero-order valence-electron chi connectivity index (χ0n) is 7.60. The third-order valence-electron chi connectivity index (χ3n) is 1.56. The smallest absolute Gasteiger partial charge is 0.305 e. The van der Waals surface area contributed by atoms with Gasteiger partial charge in [-0.3, -0.25) is 9.36 Å². The number of unbranched alkanes of at least 4 members (excludes halogenated alkanes) is 2. The highest BCUT2D eigenvalue weighted by Crippen LogP contribution is 2.46. The molecule has 0 aromatic carbocycles. The molecule has 0 rings (SSSR count). The first-order chi connectivity index (χ1) is 5.95. The van der Waals surface area contributed by atoms with E-state index >= 15 is 0 Å². The molecule has 0 amide bonds. The van der Waals surface area contributed by atoms with Crippen molar-refractivity contribution in [3.8, 4) is 0 Å². The molecule has 1 atom stereocenters. The summed E-state index contributed by atoms with van der Waals surface area (Å²) in [4.78, 5) is 19.4. The largest absolute Gasteiger partial charge is 0.469 e. The van der Waals surface area contributed by atoms with E-state index in [4.69, 9.17) is 4.89 Å². The van der Waals surface area contributed by atoms with Crippen molar-refractivity contribution in [2.45, 2.75) is 25.7 Å². The Morgan fingerprint density at radius 3 is 2.54 bits per heavy atom. The van der Waals surface area contributed by atoms with Gasteiger partial charge >= 0.3 is 5.97 Å². The second-order valence-corrected chi connectivity index (χ2v) is 6.43. The fraction of sp³-hybridized carbons (Fsp3) is 0.857. The molecule has 0 heterocycles. The number of hydrogen-bond acceptors (Lipinski definition) is 3. The quantitative estimate of drug-likeness (QED) is 0.314. The first kappa shape index (κ1) is 13.0. The maximum atomic E-state index is 10.7. The van der Waals surface area contributed by atoms with E-state index in [0.717, 1.165) is 6.42 Å². The standard InChI is InChI=1S/C7H15O4PS/c1-11-7(8)5-3-2-4-6-12(9,10)13/h2-6H2,1H3,(H2,9,10,13). The Morgan fingerprint density at radius 2 is 2.08 bits per heavy atom. The zero-order valence-corrected chi connectivity index (χ0v) is 9.39. The van der Waals surface area contributed by atoms with Gasteiger partial charge in [-0.2, -0.15) is 0 Å². The van der Waals surface area contributed by atoms with Crippen molar-refractivity contribution < 1.29 is 19.0 Å². The van der Waals surface area contributed by atoms with Gasteiger partial charge in [-0.05, 0) is 12.8 Å². The van der Waals surface area contributed by atoms with Crippen LogP contribution in [0.25, 0.3) is 0 Å². The predicted octanol–water partition coefficient (Wildman–Crippen LogP) is 1.83. The minimum absolute atomic E-state index is 0.206. The Balaban J connectivity index is 3.27. The number of hydrogen-bond donors (Lipinski definition) is 2. The first-order valence-electron chi connectivity index (χ1n) is 4.07. The summed E-state index contributed by atoms with van der Waals surface area (Å²) in [6, 6.07) is 0. The molecule has 0 aromatic heterocycles. The predicted molar refractivity (Wildman–Crippen MR) is 54.2 cm³/mol. The molecule has 0 bridgehead atoms. The van der Waals surface area contributed by atoms with Gasteiger partial charge in [0, 0.05) is 12.6 Å². The van der Waals surface area contributed by atoms with Crippen LogP contribution in [-0.2, 0) is 14.1 Å². The Hall–Kier alpha value is 0.01000. The molecular weight excluding hydrogens is 211 g/mol. The molecule has 78 valence electrons. The monoisotopic (exact) mass is 226 g/mol. The van der Waals surface area contributed by atoms with Crippen LogP contribution in [0.1, 0.15) is 25.7 Å². The highest BCUT2D eigenvalue weighted by atomic mass is 32.7. The normalized spacial score (nSPS) is 15.0. The zero-order chi connectivity index (χ0) is 10.3. The van der Waals surface area contributed by atoms with E-state index in [9.17, 15) is 9.36 Å². The number of carbonyl (C=O) groups excluding carboxylic acids is 1. The maximum Gasteiger partial charge on any atom is 0.305 e. The topological polar surface area (TPSA) is 63.6 Å². The number of carbonyl (C=O) groups is 1. The Bertz CT molecular complexity index is 201. The molecule has 0 aromatic rings. The molecule has 1 unspecified atom stereocenters. The minimum Gasteiger partial charge on any atom is -0.469 e. The van der Waals surface area contributed by atoms with Gasteiger partial charge < -0.3 is 9.63 Å². The van der Waals surface area contributed by atoms with Crippen LogP contribution in [0.5, 0.6) is 0 Å². The summed E-state index contributed by atoms with van der Waals surface area (Å²) in [5, 5.41) is 0. The van der Waals surface area contributed by atoms with Gasteiger partial charge in [0.2, 0.25) is 0 Å². The lowest BCUT2D eigenvalue weighted by atomic mass is 10.2. The molecule has 0 spiro atoms. The van der Waals surface area contributed by atoms with Gasteiger partial charge in [-0.1, -0.05) is 18.7 Å². The van der Waals surface area contributed by atoms with E-state index in [1.165, 1.54) is 7.11 Å². The maximum absolute atomic E-state index is 10.7. The summed E-state index contributed by atoms with van der Waals surface area (Å²) >= 11 is 3.54. The summed E-state index contributed by atoms with van der Waals surface area (Å²) in [7, 11) is 1.35. The molecule has 0 aliphatic carbocycles. The Labute approximate surface area is 83.3 Å². The second-order valence-electron chi connectivity index (χ2n) is 2.78. The summed E-state index contributed by atoms with van der Waals surface area (Å²) in [5.74, 6) is -0.238. The lowest BCUT2D eigenvalue weighted by Crippen LogP contribution is -1.99. The van der Waals surface area contributed by atoms with Crippen molar-refractivity contribution in [3.05, 3.63) is 0 Å². The van der Waals surface area contributed by atoms with E-state index in [-0.39, 0.29) is 12.1 Å². The van der Waals surface area contributed by atoms with Gasteiger partial charge in [0.05, 0.1) is 7.11 Å². The number of esters is 1. The van der Waals surface area contributed by atoms with Crippen molar-refractivity contribution >= 4 is 24.8 Å². The molecule has 4 nitrogen and oxygen atoms in total. The first-order valence-corrected chi connectivity index (χ1v) is 7.07. The average molecular weight is 226 g/mol. The van der Waals surface area contributed by atoms with Crippen molar-refractivity contribution in [2.75, 3.05) is 13.3 Å². The fourth-order valence-electron chi connectivity index (χ4n) is 0.866. The number of ether oxygens (including phenoxy) is 1. The molecule has 0 saturated heterocycles. The van der Waals surface area contributed by atoms with E-state index in [0.29, 0.717) is 19.3 Å². The van der Waals surface area contributed by atoms with E-state index in [1.54, 1.807) is 0 Å². The fourth-order valence-corrected chi connectivity index (χ4v) is 1.93. The van der Waals surface area contributed by atoms with Crippen molar-refractivity contribution in [3.63, 3.8) is 0 Å². The van der Waals surface area contributed by atoms with E-state index < -0.39 is 6.57 Å². The number of rotatable bonds is 6. The van der Waals surface area contributed by atoms with Crippen molar-refractivity contribution in [1.82, 2.24) is 0 Å². The van der Waals surface area contributed by atoms with Gasteiger partial charge in [0.15, 0.2) is 0 Å². The van der Waals surface area contributed by atoms with Crippen LogP contribution in [0.2, 0.25) is 0 Å². The molecule has 0 radical (unpaired) electrons.